The van der Waals surface area contributed by atoms with E-state index in [1.807, 2.05) is 0 Å². The van der Waals surface area contributed by atoms with Crippen LogP contribution in [0.3, 0.4) is 0 Å². The number of nitrogens with two attached hydrogens (primary N) is 1. The van der Waals surface area contributed by atoms with E-state index in [0.29, 0.717) is 15.2 Å². The van der Waals surface area contributed by atoms with Crippen molar-refractivity contribution >= 4 is 26.7 Å². The maximum atomic E-state index is 12.9. The first-order valence-electron chi connectivity index (χ1n) is 5.91. The Kier molecular flexibility index (Phi) is 2.84. The third kappa shape index (κ3) is 2.09. The first kappa shape index (κ1) is 13.4. The Labute approximate surface area is 118 Å². The number of nitrogen functional groups attached to an aromatic ring is 1. The average Bonchev–Trinajstić information content (AvgIpc) is 2.74. The van der Waals surface area contributed by atoms with Crippen LogP contribution in [0.5, 0.6) is 0 Å². The Balaban J connectivity index is 2.31. The van der Waals surface area contributed by atoms with Gasteiger partial charge in [-0.15, -0.1) is 0 Å². The minimum absolute atomic E-state index is 0.177. The Morgan fingerprint density at radius 2 is 1.76 bits per heavy atom. The van der Waals surface area contributed by atoms with Crippen LogP contribution in [-0.4, -0.2) is 17.4 Å². The summed E-state index contributed by atoms with van der Waals surface area (Å²) in [4.78, 5) is 14.2. The van der Waals surface area contributed by atoms with Gasteiger partial charge in [0.1, 0.15) is 5.82 Å². The molecule has 6 nitrogen and oxygen atoms in total. The SMILES string of the molecule is Nc1ccc2c(c1)[nH]c(=O)n2S(=O)(=O)c1ccc(F)cc1. The topological polar surface area (TPSA) is 97.9 Å². The first-order chi connectivity index (χ1) is 9.89. The lowest BCUT2D eigenvalue weighted by Crippen LogP contribution is -2.25. The molecule has 0 aliphatic rings. The van der Waals surface area contributed by atoms with Crippen LogP contribution < -0.4 is 11.4 Å². The van der Waals surface area contributed by atoms with Gasteiger partial charge in [0.05, 0.1) is 15.9 Å². The molecule has 0 unspecified atom stereocenters. The predicted molar refractivity (Wildman–Crippen MR) is 76.0 cm³/mol. The summed E-state index contributed by atoms with van der Waals surface area (Å²) in [5.74, 6) is -0.562. The highest BCUT2D eigenvalue weighted by molar-refractivity contribution is 7.90. The summed E-state index contributed by atoms with van der Waals surface area (Å²) in [7, 11) is -4.12. The second-order valence-electron chi connectivity index (χ2n) is 4.43. The summed E-state index contributed by atoms with van der Waals surface area (Å²) in [6, 6.07) is 8.64. The number of nitrogens with zero attached hydrogens (tertiary/aromatic N) is 1. The molecular formula is C13H10FN3O3S. The van der Waals surface area contributed by atoms with E-state index >= 15 is 0 Å². The highest BCUT2D eigenvalue weighted by Crippen LogP contribution is 2.20. The smallest absolute Gasteiger partial charge is 0.340 e. The molecule has 108 valence electrons. The van der Waals surface area contributed by atoms with Gasteiger partial charge in [-0.2, -0.15) is 3.97 Å². The van der Waals surface area contributed by atoms with Gasteiger partial charge in [-0.3, -0.25) is 0 Å². The molecule has 0 fully saturated rings. The summed E-state index contributed by atoms with van der Waals surface area (Å²) >= 11 is 0. The normalized spacial score (nSPS) is 11.9. The molecular weight excluding hydrogens is 297 g/mol. The zero-order valence-corrected chi connectivity index (χ0v) is 11.4. The zero-order chi connectivity index (χ0) is 15.2. The minimum Gasteiger partial charge on any atom is -0.399 e. The molecule has 0 bridgehead atoms. The summed E-state index contributed by atoms with van der Waals surface area (Å²) in [5, 5.41) is 0. The number of H-pyrrole nitrogens is 1. The average molecular weight is 307 g/mol. The molecule has 0 amide bonds. The lowest BCUT2D eigenvalue weighted by Gasteiger charge is -2.05. The quantitative estimate of drug-likeness (QED) is 0.697. The molecule has 0 radical (unpaired) electrons. The van der Waals surface area contributed by atoms with Crippen molar-refractivity contribution in [3.8, 4) is 0 Å². The number of halogens is 1. The van der Waals surface area contributed by atoms with E-state index in [-0.39, 0.29) is 10.4 Å². The molecule has 8 heteroatoms. The van der Waals surface area contributed by atoms with Crippen molar-refractivity contribution in [2.24, 2.45) is 0 Å². The van der Waals surface area contributed by atoms with Gasteiger partial charge in [0.15, 0.2) is 0 Å². The number of aromatic nitrogens is 2. The third-order valence-electron chi connectivity index (χ3n) is 3.02. The van der Waals surface area contributed by atoms with Crippen LogP contribution in [0.25, 0.3) is 11.0 Å². The number of anilines is 1. The monoisotopic (exact) mass is 307 g/mol. The van der Waals surface area contributed by atoms with Crippen molar-refractivity contribution in [1.82, 2.24) is 8.96 Å². The zero-order valence-electron chi connectivity index (χ0n) is 10.6. The lowest BCUT2D eigenvalue weighted by atomic mass is 10.3. The molecule has 3 rings (SSSR count). The van der Waals surface area contributed by atoms with Crippen LogP contribution in [0.1, 0.15) is 0 Å². The fourth-order valence-corrected chi connectivity index (χ4v) is 3.43. The van der Waals surface area contributed by atoms with Crippen molar-refractivity contribution in [3.63, 3.8) is 0 Å². The van der Waals surface area contributed by atoms with Gasteiger partial charge in [-0.25, -0.2) is 17.6 Å². The van der Waals surface area contributed by atoms with E-state index < -0.39 is 21.5 Å². The molecule has 2 aromatic carbocycles. The third-order valence-corrected chi connectivity index (χ3v) is 4.73. The fourth-order valence-electron chi connectivity index (χ4n) is 2.06. The number of hydrogen-bond acceptors (Lipinski definition) is 4. The molecule has 0 spiro atoms. The highest BCUT2D eigenvalue weighted by Gasteiger charge is 2.22. The highest BCUT2D eigenvalue weighted by atomic mass is 32.2. The summed E-state index contributed by atoms with van der Waals surface area (Å²) in [5.41, 5.74) is 5.68. The molecule has 21 heavy (non-hydrogen) atoms. The lowest BCUT2D eigenvalue weighted by molar-refractivity contribution is 0.586. The summed E-state index contributed by atoms with van der Waals surface area (Å²) in [6.45, 7) is 0. The van der Waals surface area contributed by atoms with Crippen LogP contribution in [0.4, 0.5) is 10.1 Å². The van der Waals surface area contributed by atoms with Crippen molar-refractivity contribution in [1.29, 1.82) is 0 Å². The van der Waals surface area contributed by atoms with Crippen LogP contribution in [0.15, 0.2) is 52.2 Å². The standard InChI is InChI=1S/C13H10FN3O3S/c14-8-1-4-10(5-2-8)21(19,20)17-12-6-3-9(15)7-11(12)16-13(17)18/h1-7H,15H2,(H,16,18). The van der Waals surface area contributed by atoms with Gasteiger partial charge >= 0.3 is 5.69 Å². The number of rotatable bonds is 2. The van der Waals surface area contributed by atoms with Crippen molar-refractivity contribution < 1.29 is 12.8 Å². The van der Waals surface area contributed by atoms with Gasteiger partial charge < -0.3 is 10.7 Å². The molecule has 0 saturated heterocycles. The Morgan fingerprint density at radius 3 is 2.43 bits per heavy atom. The molecule has 1 aromatic heterocycles. The molecule has 0 saturated carbocycles. The van der Waals surface area contributed by atoms with Crippen LogP contribution in [0.2, 0.25) is 0 Å². The minimum atomic E-state index is -4.12. The van der Waals surface area contributed by atoms with Crippen molar-refractivity contribution in [2.75, 3.05) is 5.73 Å². The number of hydrogen-bond donors (Lipinski definition) is 2. The molecule has 0 aliphatic heterocycles. The van der Waals surface area contributed by atoms with Crippen molar-refractivity contribution in [2.45, 2.75) is 4.90 Å². The summed E-state index contributed by atoms with van der Waals surface area (Å²) < 4.78 is 38.6. The number of imidazole rings is 1. The first-order valence-corrected chi connectivity index (χ1v) is 7.35. The second kappa shape index (κ2) is 4.45. The fraction of sp³-hybridized carbons (Fsp3) is 0. The van der Waals surface area contributed by atoms with E-state index in [4.69, 9.17) is 5.73 Å². The van der Waals surface area contributed by atoms with E-state index in [1.54, 1.807) is 0 Å². The number of nitrogens with one attached hydrogen (secondary N) is 1. The maximum absolute atomic E-state index is 12.9. The second-order valence-corrected chi connectivity index (χ2v) is 6.22. The van der Waals surface area contributed by atoms with E-state index in [0.717, 1.165) is 24.3 Å². The van der Waals surface area contributed by atoms with Crippen LogP contribution in [-0.2, 0) is 10.0 Å². The van der Waals surface area contributed by atoms with E-state index in [1.165, 1.54) is 18.2 Å². The van der Waals surface area contributed by atoms with E-state index in [9.17, 15) is 17.6 Å². The molecule has 3 aromatic rings. The number of aromatic amines is 1. The molecule has 0 aliphatic carbocycles. The van der Waals surface area contributed by atoms with Gasteiger partial charge in [-0.05, 0) is 42.5 Å². The number of fused-ring (bicyclic) bond motifs is 1. The molecule has 3 N–H and O–H groups in total. The predicted octanol–water partition coefficient (Wildman–Crippen LogP) is 1.29. The Hall–Kier alpha value is -2.61. The Bertz CT molecular complexity index is 988. The van der Waals surface area contributed by atoms with Crippen LogP contribution in [0, 0.1) is 5.82 Å². The molecule has 0 atom stereocenters. The van der Waals surface area contributed by atoms with Gasteiger partial charge in [0.25, 0.3) is 10.0 Å². The van der Waals surface area contributed by atoms with Gasteiger partial charge in [0, 0.05) is 5.69 Å². The maximum Gasteiger partial charge on any atom is 0.340 e. The largest absolute Gasteiger partial charge is 0.399 e. The van der Waals surface area contributed by atoms with Gasteiger partial charge in [0.2, 0.25) is 0 Å². The van der Waals surface area contributed by atoms with Crippen molar-refractivity contribution in [3.05, 3.63) is 58.8 Å². The Morgan fingerprint density at radius 1 is 1.10 bits per heavy atom. The van der Waals surface area contributed by atoms with Crippen LogP contribution >= 0.6 is 0 Å². The molecule has 1 heterocycles. The van der Waals surface area contributed by atoms with Gasteiger partial charge in [-0.1, -0.05) is 0 Å². The van der Waals surface area contributed by atoms with E-state index in [2.05, 4.69) is 4.98 Å². The summed E-state index contributed by atoms with van der Waals surface area (Å²) in [6.07, 6.45) is 0. The number of benzene rings is 2.